The van der Waals surface area contributed by atoms with Crippen LogP contribution in [0, 0.1) is 6.92 Å². The van der Waals surface area contributed by atoms with Crippen molar-refractivity contribution < 1.29 is 9.53 Å². The highest BCUT2D eigenvalue weighted by Gasteiger charge is 2.09. The number of hydrogen-bond donors (Lipinski definition) is 2. The number of aromatic nitrogens is 2. The summed E-state index contributed by atoms with van der Waals surface area (Å²) in [6.07, 6.45) is 2.26. The summed E-state index contributed by atoms with van der Waals surface area (Å²) in [5.41, 5.74) is 3.72. The van der Waals surface area contributed by atoms with E-state index in [-0.39, 0.29) is 5.91 Å². The third kappa shape index (κ3) is 5.30. The molecule has 28 heavy (non-hydrogen) atoms. The first-order valence-corrected chi connectivity index (χ1v) is 9.18. The third-order valence-corrected chi connectivity index (χ3v) is 4.29. The van der Waals surface area contributed by atoms with Gasteiger partial charge in [-0.3, -0.25) is 4.79 Å². The van der Waals surface area contributed by atoms with Crippen LogP contribution in [0.25, 0.3) is 0 Å². The van der Waals surface area contributed by atoms with Gasteiger partial charge in [0.25, 0.3) is 5.91 Å². The Balaban J connectivity index is 1.54. The predicted octanol–water partition coefficient (Wildman–Crippen LogP) is 3.38. The Hall–Kier alpha value is -3.41. The standard InChI is InChI=1S/C22H24N4O2/c1-16-6-5-7-17(14-16)15-25-22-24-13-11-19(26-22)21(27)23-12-10-18-8-3-4-9-20(18)28-2/h3-9,11,13-14H,10,12,15H2,1-2H3,(H,23,27)(H,24,25,26). The van der Waals surface area contributed by atoms with E-state index >= 15 is 0 Å². The number of rotatable bonds is 8. The molecular formula is C22H24N4O2. The Labute approximate surface area is 165 Å². The second-order valence-electron chi connectivity index (χ2n) is 6.43. The lowest BCUT2D eigenvalue weighted by atomic mass is 10.1. The van der Waals surface area contributed by atoms with Crippen molar-refractivity contribution in [2.45, 2.75) is 19.9 Å². The van der Waals surface area contributed by atoms with Gasteiger partial charge in [0.05, 0.1) is 7.11 Å². The molecule has 3 aromatic rings. The number of amides is 1. The molecule has 0 aliphatic carbocycles. The number of ether oxygens (including phenoxy) is 1. The highest BCUT2D eigenvalue weighted by Crippen LogP contribution is 2.17. The molecule has 0 saturated heterocycles. The summed E-state index contributed by atoms with van der Waals surface area (Å²) in [5.74, 6) is 1.02. The zero-order valence-electron chi connectivity index (χ0n) is 16.1. The first-order chi connectivity index (χ1) is 13.7. The molecule has 0 bridgehead atoms. The van der Waals surface area contributed by atoms with E-state index in [0.29, 0.717) is 31.2 Å². The van der Waals surface area contributed by atoms with Gasteiger partial charge in [-0.1, -0.05) is 48.0 Å². The monoisotopic (exact) mass is 376 g/mol. The van der Waals surface area contributed by atoms with Gasteiger partial charge in [0.2, 0.25) is 5.95 Å². The number of nitrogens with one attached hydrogen (secondary N) is 2. The van der Waals surface area contributed by atoms with Crippen molar-refractivity contribution in [3.8, 4) is 5.75 Å². The summed E-state index contributed by atoms with van der Waals surface area (Å²) in [7, 11) is 1.64. The number of hydrogen-bond acceptors (Lipinski definition) is 5. The fourth-order valence-corrected chi connectivity index (χ4v) is 2.88. The minimum Gasteiger partial charge on any atom is -0.496 e. The maximum absolute atomic E-state index is 12.4. The number of carbonyl (C=O) groups is 1. The number of nitrogens with zero attached hydrogens (tertiary/aromatic N) is 2. The van der Waals surface area contributed by atoms with Crippen molar-refractivity contribution in [1.29, 1.82) is 0 Å². The Kier molecular flexibility index (Phi) is 6.57. The third-order valence-electron chi connectivity index (χ3n) is 4.29. The zero-order chi connectivity index (χ0) is 19.8. The Morgan fingerprint density at radius 2 is 1.96 bits per heavy atom. The van der Waals surface area contributed by atoms with Gasteiger partial charge in [-0.05, 0) is 36.6 Å². The minimum atomic E-state index is -0.226. The van der Waals surface area contributed by atoms with E-state index in [1.54, 1.807) is 19.4 Å². The number of benzene rings is 2. The van der Waals surface area contributed by atoms with Crippen LogP contribution in [-0.2, 0) is 13.0 Å². The van der Waals surface area contributed by atoms with Gasteiger partial charge >= 0.3 is 0 Å². The molecule has 1 amide bonds. The fourth-order valence-electron chi connectivity index (χ4n) is 2.88. The summed E-state index contributed by atoms with van der Waals surface area (Å²) in [6, 6.07) is 17.6. The molecule has 0 spiro atoms. The Morgan fingerprint density at radius 3 is 2.79 bits per heavy atom. The summed E-state index contributed by atoms with van der Waals surface area (Å²) < 4.78 is 5.33. The van der Waals surface area contributed by atoms with Gasteiger partial charge in [-0.2, -0.15) is 0 Å². The lowest BCUT2D eigenvalue weighted by molar-refractivity contribution is 0.0949. The smallest absolute Gasteiger partial charge is 0.270 e. The molecule has 3 rings (SSSR count). The quantitative estimate of drug-likeness (QED) is 0.630. The molecule has 2 aromatic carbocycles. The van der Waals surface area contributed by atoms with Crippen molar-refractivity contribution >= 4 is 11.9 Å². The SMILES string of the molecule is COc1ccccc1CCNC(=O)c1ccnc(NCc2cccc(C)c2)n1. The van der Waals surface area contributed by atoms with Crippen molar-refractivity contribution in [3.05, 3.63) is 83.2 Å². The largest absolute Gasteiger partial charge is 0.496 e. The fraction of sp³-hybridized carbons (Fsp3) is 0.227. The van der Waals surface area contributed by atoms with Crippen LogP contribution in [0.3, 0.4) is 0 Å². The van der Waals surface area contributed by atoms with Crippen LogP contribution in [-0.4, -0.2) is 29.5 Å². The van der Waals surface area contributed by atoms with Crippen LogP contribution < -0.4 is 15.4 Å². The molecule has 0 radical (unpaired) electrons. The highest BCUT2D eigenvalue weighted by molar-refractivity contribution is 5.92. The van der Waals surface area contributed by atoms with Gasteiger partial charge in [0.15, 0.2) is 0 Å². The number of aryl methyl sites for hydroxylation is 1. The topological polar surface area (TPSA) is 76.1 Å². The maximum atomic E-state index is 12.4. The summed E-state index contributed by atoms with van der Waals surface area (Å²) in [6.45, 7) is 3.14. The average molecular weight is 376 g/mol. The molecule has 0 unspecified atom stereocenters. The normalized spacial score (nSPS) is 10.4. The molecule has 0 aliphatic rings. The Bertz CT molecular complexity index is 943. The predicted molar refractivity (Wildman–Crippen MR) is 110 cm³/mol. The zero-order valence-corrected chi connectivity index (χ0v) is 16.1. The van der Waals surface area contributed by atoms with Crippen LogP contribution >= 0.6 is 0 Å². The lowest BCUT2D eigenvalue weighted by Crippen LogP contribution is -2.27. The van der Waals surface area contributed by atoms with Gasteiger partial charge in [0, 0.05) is 19.3 Å². The second-order valence-corrected chi connectivity index (χ2v) is 6.43. The first kappa shape index (κ1) is 19.4. The summed E-state index contributed by atoms with van der Waals surface area (Å²) >= 11 is 0. The van der Waals surface area contributed by atoms with Crippen LogP contribution in [0.5, 0.6) is 5.75 Å². The van der Waals surface area contributed by atoms with Gasteiger partial charge in [-0.25, -0.2) is 9.97 Å². The van der Waals surface area contributed by atoms with E-state index in [4.69, 9.17) is 4.74 Å². The molecule has 144 valence electrons. The van der Waals surface area contributed by atoms with E-state index in [0.717, 1.165) is 16.9 Å². The van der Waals surface area contributed by atoms with Crippen molar-refractivity contribution in [2.24, 2.45) is 0 Å². The molecular weight excluding hydrogens is 352 g/mol. The minimum absolute atomic E-state index is 0.226. The molecule has 1 heterocycles. The van der Waals surface area contributed by atoms with Gasteiger partial charge in [-0.15, -0.1) is 0 Å². The average Bonchev–Trinajstić information content (AvgIpc) is 2.73. The van der Waals surface area contributed by atoms with E-state index < -0.39 is 0 Å². The number of anilines is 1. The lowest BCUT2D eigenvalue weighted by Gasteiger charge is -2.10. The molecule has 0 saturated carbocycles. The van der Waals surface area contributed by atoms with Crippen LogP contribution in [0.4, 0.5) is 5.95 Å². The number of para-hydroxylation sites is 1. The summed E-state index contributed by atoms with van der Waals surface area (Å²) in [4.78, 5) is 20.9. The highest BCUT2D eigenvalue weighted by atomic mass is 16.5. The molecule has 1 aromatic heterocycles. The van der Waals surface area contributed by atoms with Crippen molar-refractivity contribution in [1.82, 2.24) is 15.3 Å². The van der Waals surface area contributed by atoms with E-state index in [9.17, 15) is 4.79 Å². The molecule has 6 heteroatoms. The van der Waals surface area contributed by atoms with Crippen LogP contribution in [0.15, 0.2) is 60.8 Å². The Morgan fingerprint density at radius 1 is 1.11 bits per heavy atom. The molecule has 6 nitrogen and oxygen atoms in total. The summed E-state index contributed by atoms with van der Waals surface area (Å²) in [5, 5.41) is 6.06. The van der Waals surface area contributed by atoms with Gasteiger partial charge in [0.1, 0.15) is 11.4 Å². The molecule has 0 aliphatic heterocycles. The molecule has 0 fully saturated rings. The maximum Gasteiger partial charge on any atom is 0.270 e. The van der Waals surface area contributed by atoms with Crippen molar-refractivity contribution in [3.63, 3.8) is 0 Å². The van der Waals surface area contributed by atoms with E-state index in [1.165, 1.54) is 5.56 Å². The van der Waals surface area contributed by atoms with E-state index in [1.807, 2.05) is 36.4 Å². The van der Waals surface area contributed by atoms with E-state index in [2.05, 4.69) is 39.7 Å². The molecule has 0 atom stereocenters. The van der Waals surface area contributed by atoms with Gasteiger partial charge < -0.3 is 15.4 Å². The first-order valence-electron chi connectivity index (χ1n) is 9.18. The number of carbonyl (C=O) groups excluding carboxylic acids is 1. The number of methoxy groups -OCH3 is 1. The molecule has 2 N–H and O–H groups in total. The van der Waals surface area contributed by atoms with Crippen molar-refractivity contribution in [2.75, 3.05) is 19.0 Å². The second kappa shape index (κ2) is 9.50. The van der Waals surface area contributed by atoms with Crippen LogP contribution in [0.2, 0.25) is 0 Å². The van der Waals surface area contributed by atoms with Crippen LogP contribution in [0.1, 0.15) is 27.2 Å².